The van der Waals surface area contributed by atoms with Crippen molar-refractivity contribution in [3.63, 3.8) is 0 Å². The highest BCUT2D eigenvalue weighted by Gasteiger charge is 2.40. The van der Waals surface area contributed by atoms with E-state index in [4.69, 9.17) is 12.6 Å². The summed E-state index contributed by atoms with van der Waals surface area (Å²) in [6, 6.07) is 6.00. The minimum atomic E-state index is -0.584. The molecule has 1 saturated carbocycles. The van der Waals surface area contributed by atoms with Gasteiger partial charge in [-0.05, 0) is 49.8 Å². The minimum Gasteiger partial charge on any atom is -0.297 e. The van der Waals surface area contributed by atoms with Crippen LogP contribution in [0, 0.1) is 11.7 Å². The standard InChI is InChI=1S/C25H32FN5O3S.ClH/c1-34-28-23(32)8-4-5-12-31-16-19(27-29-31)14-18-15-30(13-11-22(18)35)24(25(33)17-9-10-17)20-6-2-3-7-21(20)26;/h2-3,6-7,14,16-17,22,24,35H,4-5,8-13,15H2,1H3,(H,28,32);1H/b18-14-;. The number of Topliss-reactive ketones (excluding diaryl/α,β-unsaturated/α-hetero) is 1. The third-order valence-corrected chi connectivity index (χ3v) is 7.05. The molecule has 196 valence electrons. The van der Waals surface area contributed by atoms with Crippen molar-refractivity contribution in [3.05, 3.63) is 53.1 Å². The number of aromatic nitrogens is 3. The normalized spacial score (nSPS) is 20.1. The first-order valence-electron chi connectivity index (χ1n) is 12.1. The van der Waals surface area contributed by atoms with Gasteiger partial charge in [-0.3, -0.25) is 24.0 Å². The SMILES string of the molecule is CONC(=O)CCCCn1cc(/C=C2/CN(C(C(=O)C3CC3)c3ccccc3F)CCC2S)nn1.Cl. The average molecular weight is 538 g/mol. The smallest absolute Gasteiger partial charge is 0.243 e. The summed E-state index contributed by atoms with van der Waals surface area (Å²) in [6.45, 7) is 1.84. The van der Waals surface area contributed by atoms with Crippen LogP contribution in [0.4, 0.5) is 4.39 Å². The molecular weight excluding hydrogens is 505 g/mol. The molecule has 1 aromatic heterocycles. The van der Waals surface area contributed by atoms with Gasteiger partial charge in [0.05, 0.1) is 19.3 Å². The summed E-state index contributed by atoms with van der Waals surface area (Å²) in [5.41, 5.74) is 4.51. The molecule has 1 aromatic carbocycles. The Bertz CT molecular complexity index is 1080. The molecule has 0 spiro atoms. The Morgan fingerprint density at radius 2 is 2.06 bits per heavy atom. The monoisotopic (exact) mass is 537 g/mol. The van der Waals surface area contributed by atoms with Gasteiger partial charge in [-0.1, -0.05) is 23.4 Å². The topological polar surface area (TPSA) is 89.4 Å². The predicted octanol–water partition coefficient (Wildman–Crippen LogP) is 3.79. The number of hydroxylamine groups is 1. The number of hydrogen-bond acceptors (Lipinski definition) is 7. The van der Waals surface area contributed by atoms with E-state index in [1.165, 1.54) is 13.2 Å². The molecule has 2 fully saturated rings. The van der Waals surface area contributed by atoms with Gasteiger partial charge in [0, 0.05) is 42.8 Å². The van der Waals surface area contributed by atoms with Gasteiger partial charge in [0.25, 0.3) is 0 Å². The summed E-state index contributed by atoms with van der Waals surface area (Å²) in [5.74, 6) is -0.349. The third kappa shape index (κ3) is 7.38. The molecule has 2 aromatic rings. The van der Waals surface area contributed by atoms with Crippen molar-refractivity contribution in [2.45, 2.75) is 56.4 Å². The predicted molar refractivity (Wildman–Crippen MR) is 140 cm³/mol. The molecular formula is C25H33ClFN5O3S. The first-order chi connectivity index (χ1) is 17.0. The molecule has 1 saturated heterocycles. The largest absolute Gasteiger partial charge is 0.297 e. The van der Waals surface area contributed by atoms with Gasteiger partial charge in [-0.2, -0.15) is 12.6 Å². The van der Waals surface area contributed by atoms with E-state index in [9.17, 15) is 14.0 Å². The number of carbonyl (C=O) groups excluding carboxylic acids is 2. The van der Waals surface area contributed by atoms with Crippen molar-refractivity contribution >= 4 is 42.8 Å². The van der Waals surface area contributed by atoms with Crippen molar-refractivity contribution in [1.29, 1.82) is 0 Å². The highest BCUT2D eigenvalue weighted by atomic mass is 35.5. The molecule has 2 atom stereocenters. The van der Waals surface area contributed by atoms with E-state index in [0.717, 1.165) is 31.3 Å². The van der Waals surface area contributed by atoms with Gasteiger partial charge in [0.1, 0.15) is 11.5 Å². The summed E-state index contributed by atoms with van der Waals surface area (Å²) in [7, 11) is 1.41. The van der Waals surface area contributed by atoms with Crippen LogP contribution in [0.5, 0.6) is 0 Å². The lowest BCUT2D eigenvalue weighted by Crippen LogP contribution is -2.42. The van der Waals surface area contributed by atoms with Crippen LogP contribution in [-0.2, 0) is 21.0 Å². The Morgan fingerprint density at radius 3 is 2.78 bits per heavy atom. The van der Waals surface area contributed by atoms with Crippen LogP contribution in [0.2, 0.25) is 0 Å². The number of nitrogens with zero attached hydrogens (tertiary/aromatic N) is 4. The van der Waals surface area contributed by atoms with Crippen molar-refractivity contribution in [2.75, 3.05) is 20.2 Å². The van der Waals surface area contributed by atoms with Gasteiger partial charge in [-0.15, -0.1) is 17.5 Å². The Morgan fingerprint density at radius 1 is 1.28 bits per heavy atom. The molecule has 4 rings (SSSR count). The number of thiol groups is 1. The van der Waals surface area contributed by atoms with E-state index in [1.54, 1.807) is 22.9 Å². The highest BCUT2D eigenvalue weighted by molar-refractivity contribution is 7.81. The van der Waals surface area contributed by atoms with Gasteiger partial charge in [0.15, 0.2) is 5.78 Å². The lowest BCUT2D eigenvalue weighted by Gasteiger charge is -2.37. The first-order valence-corrected chi connectivity index (χ1v) is 12.6. The number of rotatable bonds is 11. The quantitative estimate of drug-likeness (QED) is 0.257. The molecule has 0 bridgehead atoms. The second-order valence-electron chi connectivity index (χ2n) is 9.19. The Hall–Kier alpha value is -2.27. The number of unbranched alkanes of at least 4 members (excludes halogenated alkanes) is 1. The molecule has 1 aliphatic carbocycles. The van der Waals surface area contributed by atoms with E-state index < -0.39 is 6.04 Å². The highest BCUT2D eigenvalue weighted by Crippen LogP contribution is 2.39. The van der Waals surface area contributed by atoms with Crippen LogP contribution in [0.25, 0.3) is 6.08 Å². The van der Waals surface area contributed by atoms with Crippen LogP contribution in [0.1, 0.15) is 55.8 Å². The summed E-state index contributed by atoms with van der Waals surface area (Å²) in [5, 5.41) is 8.48. The van der Waals surface area contributed by atoms with Crippen molar-refractivity contribution in [2.24, 2.45) is 5.92 Å². The van der Waals surface area contributed by atoms with E-state index in [0.29, 0.717) is 43.7 Å². The number of nitrogens with one attached hydrogen (secondary N) is 1. The molecule has 1 amide bonds. The van der Waals surface area contributed by atoms with Gasteiger partial charge in [-0.25, -0.2) is 9.87 Å². The molecule has 2 heterocycles. The number of halogens is 2. The zero-order valence-corrected chi connectivity index (χ0v) is 22.0. The fourth-order valence-corrected chi connectivity index (χ4v) is 4.75. The number of carbonyl (C=O) groups is 2. The van der Waals surface area contributed by atoms with Crippen LogP contribution in [0.15, 0.2) is 36.0 Å². The Balaban J connectivity index is 0.00000361. The molecule has 8 nitrogen and oxygen atoms in total. The fourth-order valence-electron chi connectivity index (χ4n) is 4.48. The molecule has 1 N–H and O–H groups in total. The van der Waals surface area contributed by atoms with Crippen LogP contribution >= 0.6 is 25.0 Å². The van der Waals surface area contributed by atoms with E-state index in [2.05, 4.69) is 25.5 Å². The Kier molecular flexibility index (Phi) is 10.5. The zero-order chi connectivity index (χ0) is 24.8. The van der Waals surface area contributed by atoms with Gasteiger partial charge >= 0.3 is 0 Å². The van der Waals surface area contributed by atoms with E-state index in [-0.39, 0.29) is 41.1 Å². The van der Waals surface area contributed by atoms with Crippen LogP contribution in [-0.4, -0.2) is 57.0 Å². The molecule has 2 aliphatic rings. The first kappa shape index (κ1) is 28.3. The summed E-state index contributed by atoms with van der Waals surface area (Å²) < 4.78 is 16.5. The average Bonchev–Trinajstić information content (AvgIpc) is 3.60. The maximum atomic E-state index is 14.7. The number of likely N-dealkylation sites (tertiary alicyclic amines) is 1. The number of ketones is 1. The summed E-state index contributed by atoms with van der Waals surface area (Å²) in [4.78, 5) is 31.3. The summed E-state index contributed by atoms with van der Waals surface area (Å²) >= 11 is 4.76. The lowest BCUT2D eigenvalue weighted by atomic mass is 9.93. The van der Waals surface area contributed by atoms with Crippen LogP contribution < -0.4 is 5.48 Å². The minimum absolute atomic E-state index is 0. The van der Waals surface area contributed by atoms with Gasteiger partial charge < -0.3 is 0 Å². The summed E-state index contributed by atoms with van der Waals surface area (Å²) in [6.07, 6.45) is 8.25. The zero-order valence-electron chi connectivity index (χ0n) is 20.3. The Labute approximate surface area is 222 Å². The number of hydrogen-bond donors (Lipinski definition) is 2. The molecule has 36 heavy (non-hydrogen) atoms. The number of amides is 1. The second kappa shape index (κ2) is 13.3. The van der Waals surface area contributed by atoms with Crippen molar-refractivity contribution in [3.8, 4) is 0 Å². The molecule has 11 heteroatoms. The molecule has 2 unspecified atom stereocenters. The third-order valence-electron chi connectivity index (χ3n) is 6.46. The maximum Gasteiger partial charge on any atom is 0.243 e. The van der Waals surface area contributed by atoms with E-state index in [1.807, 2.05) is 12.3 Å². The molecule has 1 aliphatic heterocycles. The number of benzene rings is 1. The maximum absolute atomic E-state index is 14.7. The van der Waals surface area contributed by atoms with Crippen molar-refractivity contribution in [1.82, 2.24) is 25.4 Å². The number of piperidine rings is 1. The van der Waals surface area contributed by atoms with E-state index >= 15 is 0 Å². The second-order valence-corrected chi connectivity index (χ2v) is 9.81. The lowest BCUT2D eigenvalue weighted by molar-refractivity contribution is -0.131. The number of aryl methyl sites for hydroxylation is 1. The van der Waals surface area contributed by atoms with Crippen molar-refractivity contribution < 1.29 is 18.8 Å². The van der Waals surface area contributed by atoms with Crippen LogP contribution in [0.3, 0.4) is 0 Å². The van der Waals surface area contributed by atoms with Gasteiger partial charge in [0.2, 0.25) is 5.91 Å². The molecule has 0 radical (unpaired) electrons. The fraction of sp³-hybridized carbons (Fsp3) is 0.520.